The first-order chi connectivity index (χ1) is 8.85. The van der Waals surface area contributed by atoms with Crippen LogP contribution in [0.5, 0.6) is 0 Å². The average molecular weight is 251 g/mol. The Balaban J connectivity index is 2.40. The summed E-state index contributed by atoms with van der Waals surface area (Å²) in [6.07, 6.45) is 0. The number of benzene rings is 2. The molecule has 0 aromatic heterocycles. The summed E-state index contributed by atoms with van der Waals surface area (Å²) in [6, 6.07) is 15.1. The van der Waals surface area contributed by atoms with Crippen LogP contribution < -0.4 is 5.73 Å². The van der Waals surface area contributed by atoms with E-state index in [4.69, 9.17) is 5.73 Å². The number of fused-ring (bicyclic) bond motifs is 2. The highest BCUT2D eigenvalue weighted by Gasteiger charge is 2.41. The quantitative estimate of drug-likeness (QED) is 0.696. The molecule has 2 aromatic carbocycles. The van der Waals surface area contributed by atoms with Gasteiger partial charge in [-0.05, 0) is 34.4 Å². The molecule has 3 rings (SSSR count). The van der Waals surface area contributed by atoms with Crippen LogP contribution in [0.15, 0.2) is 42.5 Å². The van der Waals surface area contributed by atoms with Crippen LogP contribution in [0.2, 0.25) is 0 Å². The van der Waals surface area contributed by atoms with Crippen molar-refractivity contribution in [1.29, 1.82) is 0 Å². The summed E-state index contributed by atoms with van der Waals surface area (Å²) in [6.45, 7) is 9.19. The zero-order valence-electron chi connectivity index (χ0n) is 12.1. The molecule has 0 heterocycles. The Morgan fingerprint density at radius 2 is 1.16 bits per heavy atom. The first kappa shape index (κ1) is 12.3. The lowest BCUT2D eigenvalue weighted by atomic mass is 9.60. The van der Waals surface area contributed by atoms with E-state index < -0.39 is 0 Å². The minimum atomic E-state index is 0.0107. The summed E-state index contributed by atoms with van der Waals surface area (Å²) >= 11 is 0. The van der Waals surface area contributed by atoms with E-state index in [0.717, 1.165) is 5.69 Å². The van der Waals surface area contributed by atoms with Crippen molar-refractivity contribution in [1.82, 2.24) is 0 Å². The number of hydrogen-bond acceptors (Lipinski definition) is 1. The van der Waals surface area contributed by atoms with E-state index in [1.54, 1.807) is 0 Å². The van der Waals surface area contributed by atoms with E-state index in [-0.39, 0.29) is 10.8 Å². The molecule has 0 fully saturated rings. The van der Waals surface area contributed by atoms with Crippen molar-refractivity contribution in [3.63, 3.8) is 0 Å². The van der Waals surface area contributed by atoms with Gasteiger partial charge in [0.15, 0.2) is 0 Å². The van der Waals surface area contributed by atoms with Gasteiger partial charge in [0.05, 0.1) is 0 Å². The van der Waals surface area contributed by atoms with Crippen LogP contribution in [0.1, 0.15) is 49.9 Å². The average Bonchev–Trinajstić information content (AvgIpc) is 2.37. The molecule has 1 nitrogen and oxygen atoms in total. The Labute approximate surface area is 115 Å². The number of hydrogen-bond donors (Lipinski definition) is 1. The van der Waals surface area contributed by atoms with Gasteiger partial charge in [0, 0.05) is 16.5 Å². The van der Waals surface area contributed by atoms with Gasteiger partial charge in [0.25, 0.3) is 0 Å². The molecule has 1 aliphatic carbocycles. The Morgan fingerprint density at radius 1 is 0.684 bits per heavy atom. The van der Waals surface area contributed by atoms with Crippen molar-refractivity contribution in [2.75, 3.05) is 5.73 Å². The molecule has 1 aliphatic rings. The Bertz CT molecular complexity index is 650. The first-order valence-corrected chi connectivity index (χ1v) is 6.85. The molecular formula is C18H21N. The maximum absolute atomic E-state index is 6.01. The summed E-state index contributed by atoms with van der Waals surface area (Å²) in [5, 5.41) is 0. The zero-order valence-corrected chi connectivity index (χ0v) is 12.1. The van der Waals surface area contributed by atoms with Crippen molar-refractivity contribution in [3.8, 4) is 0 Å². The van der Waals surface area contributed by atoms with Gasteiger partial charge in [-0.15, -0.1) is 0 Å². The highest BCUT2D eigenvalue weighted by molar-refractivity contribution is 5.61. The number of rotatable bonds is 0. The largest absolute Gasteiger partial charge is 0.399 e. The van der Waals surface area contributed by atoms with Gasteiger partial charge >= 0.3 is 0 Å². The third-order valence-corrected chi connectivity index (χ3v) is 4.66. The molecule has 0 amide bonds. The molecule has 0 aliphatic heterocycles. The summed E-state index contributed by atoms with van der Waals surface area (Å²) < 4.78 is 0. The third-order valence-electron chi connectivity index (χ3n) is 4.66. The SMILES string of the molecule is CC1(C)c2ccccc2C(C)(C)c2cc(N)ccc21. The minimum Gasteiger partial charge on any atom is -0.399 e. The number of nitrogens with two attached hydrogens (primary N) is 1. The first-order valence-electron chi connectivity index (χ1n) is 6.85. The summed E-state index contributed by atoms with van der Waals surface area (Å²) in [5.41, 5.74) is 12.5. The lowest BCUT2D eigenvalue weighted by Gasteiger charge is -2.43. The molecule has 0 atom stereocenters. The van der Waals surface area contributed by atoms with Gasteiger partial charge < -0.3 is 5.73 Å². The molecule has 0 saturated heterocycles. The molecule has 19 heavy (non-hydrogen) atoms. The highest BCUT2D eigenvalue weighted by Crippen LogP contribution is 2.49. The van der Waals surface area contributed by atoms with E-state index in [1.807, 2.05) is 6.07 Å². The molecule has 2 aromatic rings. The summed E-state index contributed by atoms with van der Waals surface area (Å²) in [7, 11) is 0. The summed E-state index contributed by atoms with van der Waals surface area (Å²) in [5.74, 6) is 0. The van der Waals surface area contributed by atoms with Crippen LogP contribution in [0.3, 0.4) is 0 Å². The Kier molecular flexibility index (Phi) is 2.35. The molecule has 0 bridgehead atoms. The van der Waals surface area contributed by atoms with E-state index in [1.165, 1.54) is 22.3 Å². The second-order valence-corrected chi connectivity index (χ2v) is 6.60. The Morgan fingerprint density at radius 3 is 1.74 bits per heavy atom. The van der Waals surface area contributed by atoms with Gasteiger partial charge in [-0.1, -0.05) is 58.0 Å². The topological polar surface area (TPSA) is 26.0 Å². The van der Waals surface area contributed by atoms with Crippen LogP contribution in [0, 0.1) is 0 Å². The molecule has 98 valence electrons. The monoisotopic (exact) mass is 251 g/mol. The van der Waals surface area contributed by atoms with Crippen LogP contribution in [0.25, 0.3) is 0 Å². The van der Waals surface area contributed by atoms with Crippen molar-refractivity contribution in [2.45, 2.75) is 38.5 Å². The van der Waals surface area contributed by atoms with Crippen LogP contribution in [-0.4, -0.2) is 0 Å². The molecule has 0 radical (unpaired) electrons. The fourth-order valence-electron chi connectivity index (χ4n) is 3.49. The van der Waals surface area contributed by atoms with Gasteiger partial charge in [-0.25, -0.2) is 0 Å². The van der Waals surface area contributed by atoms with Crippen LogP contribution >= 0.6 is 0 Å². The zero-order chi connectivity index (χ0) is 13.8. The normalized spacial score (nSPS) is 18.5. The second kappa shape index (κ2) is 3.63. The van der Waals surface area contributed by atoms with Crippen molar-refractivity contribution in [2.24, 2.45) is 0 Å². The predicted octanol–water partition coefficient (Wildman–Crippen LogP) is 4.23. The van der Waals surface area contributed by atoms with Crippen molar-refractivity contribution >= 4 is 5.69 Å². The van der Waals surface area contributed by atoms with Gasteiger partial charge in [-0.2, -0.15) is 0 Å². The molecule has 2 N–H and O–H groups in total. The smallest absolute Gasteiger partial charge is 0.0317 e. The predicted molar refractivity (Wildman–Crippen MR) is 81.6 cm³/mol. The van der Waals surface area contributed by atoms with Crippen molar-refractivity contribution < 1.29 is 0 Å². The molecule has 1 heteroatoms. The number of anilines is 1. The lowest BCUT2D eigenvalue weighted by molar-refractivity contribution is 0.521. The fraction of sp³-hybridized carbons (Fsp3) is 0.333. The van der Waals surface area contributed by atoms with Gasteiger partial charge in [0.2, 0.25) is 0 Å². The van der Waals surface area contributed by atoms with Gasteiger partial charge in [-0.3, -0.25) is 0 Å². The minimum absolute atomic E-state index is 0.0107. The molecule has 0 unspecified atom stereocenters. The standard InChI is InChI=1S/C18H21N/c1-17(2)13-7-5-6-8-14(13)18(3,4)16-11-12(19)9-10-15(16)17/h5-11H,19H2,1-4H3. The third kappa shape index (κ3) is 1.54. The van der Waals surface area contributed by atoms with E-state index in [2.05, 4.69) is 64.1 Å². The summed E-state index contributed by atoms with van der Waals surface area (Å²) in [4.78, 5) is 0. The Hall–Kier alpha value is -1.76. The molecule has 0 spiro atoms. The number of nitrogen functional groups attached to an aromatic ring is 1. The van der Waals surface area contributed by atoms with E-state index >= 15 is 0 Å². The van der Waals surface area contributed by atoms with E-state index in [9.17, 15) is 0 Å². The van der Waals surface area contributed by atoms with Crippen LogP contribution in [-0.2, 0) is 10.8 Å². The second-order valence-electron chi connectivity index (χ2n) is 6.60. The lowest BCUT2D eigenvalue weighted by Crippen LogP contribution is -2.36. The highest BCUT2D eigenvalue weighted by atomic mass is 14.6. The molecule has 0 saturated carbocycles. The van der Waals surface area contributed by atoms with Crippen molar-refractivity contribution in [3.05, 3.63) is 64.7 Å². The maximum atomic E-state index is 6.01. The van der Waals surface area contributed by atoms with E-state index in [0.29, 0.717) is 0 Å². The fourth-order valence-corrected chi connectivity index (χ4v) is 3.49. The van der Waals surface area contributed by atoms with Gasteiger partial charge in [0.1, 0.15) is 0 Å². The molecular weight excluding hydrogens is 230 g/mol. The maximum Gasteiger partial charge on any atom is 0.0317 e. The van der Waals surface area contributed by atoms with Crippen LogP contribution in [0.4, 0.5) is 5.69 Å².